The van der Waals surface area contributed by atoms with Gasteiger partial charge in [-0.2, -0.15) is 5.10 Å². The highest BCUT2D eigenvalue weighted by Gasteiger charge is 2.27. The molecule has 3 N–H and O–H groups in total. The van der Waals surface area contributed by atoms with Crippen LogP contribution in [0.5, 0.6) is 0 Å². The van der Waals surface area contributed by atoms with Gasteiger partial charge in [-0.1, -0.05) is 35.9 Å². The van der Waals surface area contributed by atoms with Crippen molar-refractivity contribution < 1.29 is 4.79 Å². The van der Waals surface area contributed by atoms with Crippen molar-refractivity contribution >= 4 is 35.5 Å². The van der Waals surface area contributed by atoms with E-state index < -0.39 is 6.17 Å². The monoisotopic (exact) mass is 380 g/mol. The Bertz CT molecular complexity index is 949. The van der Waals surface area contributed by atoms with E-state index in [0.29, 0.717) is 16.6 Å². The Hall–Kier alpha value is -2.63. The maximum Gasteiger partial charge on any atom is 0.251 e. The van der Waals surface area contributed by atoms with E-state index in [0.717, 1.165) is 35.2 Å². The van der Waals surface area contributed by atoms with E-state index in [4.69, 9.17) is 17.3 Å². The fourth-order valence-corrected chi connectivity index (χ4v) is 3.21. The molecule has 1 fully saturated rings. The Morgan fingerprint density at radius 1 is 1.30 bits per heavy atom. The molecule has 1 heterocycles. The Labute approximate surface area is 163 Å². The number of nitrogens with one attached hydrogen (secondary N) is 1. The summed E-state index contributed by atoms with van der Waals surface area (Å²) in [5.74, 6) is -0.0534. The van der Waals surface area contributed by atoms with E-state index in [1.165, 1.54) is 0 Å². The number of anilines is 1. The summed E-state index contributed by atoms with van der Waals surface area (Å²) in [6.45, 7) is 1.98. The van der Waals surface area contributed by atoms with Crippen molar-refractivity contribution in [3.05, 3.63) is 69.8 Å². The zero-order chi connectivity index (χ0) is 19.0. The SMILES string of the molecule is Cc1ccc(C(=O)NC2CC2)cc1N1N=CC(=Cc2ccccc2Cl)C1N. The molecule has 1 atom stereocenters. The number of hydrogen-bond donors (Lipinski definition) is 2. The minimum atomic E-state index is -0.443. The third-order valence-electron chi connectivity index (χ3n) is 4.79. The van der Waals surface area contributed by atoms with Gasteiger partial charge in [0.2, 0.25) is 0 Å². The van der Waals surface area contributed by atoms with Gasteiger partial charge in [-0.25, -0.2) is 5.01 Å². The first-order valence-electron chi connectivity index (χ1n) is 8.99. The largest absolute Gasteiger partial charge is 0.349 e. The summed E-state index contributed by atoms with van der Waals surface area (Å²) < 4.78 is 0. The molecule has 0 aromatic heterocycles. The lowest BCUT2D eigenvalue weighted by molar-refractivity contribution is 0.0951. The van der Waals surface area contributed by atoms with Gasteiger partial charge in [0.1, 0.15) is 6.17 Å². The molecule has 2 aromatic rings. The molecule has 0 radical (unpaired) electrons. The summed E-state index contributed by atoms with van der Waals surface area (Å²) in [6.07, 6.45) is 5.35. The van der Waals surface area contributed by atoms with Crippen LogP contribution in [0.4, 0.5) is 5.69 Å². The summed E-state index contributed by atoms with van der Waals surface area (Å²) in [4.78, 5) is 12.4. The lowest BCUT2D eigenvalue weighted by Crippen LogP contribution is -2.36. The van der Waals surface area contributed by atoms with Gasteiger partial charge < -0.3 is 11.1 Å². The maximum atomic E-state index is 12.4. The number of hydrazone groups is 1. The highest BCUT2D eigenvalue weighted by atomic mass is 35.5. The average molecular weight is 381 g/mol. The Morgan fingerprint density at radius 2 is 2.07 bits per heavy atom. The number of halogens is 1. The fourth-order valence-electron chi connectivity index (χ4n) is 3.02. The van der Waals surface area contributed by atoms with Crippen LogP contribution in [0.25, 0.3) is 6.08 Å². The fraction of sp³-hybridized carbons (Fsp3) is 0.238. The molecule has 1 amide bonds. The van der Waals surface area contributed by atoms with E-state index in [2.05, 4.69) is 10.4 Å². The van der Waals surface area contributed by atoms with Gasteiger partial charge >= 0.3 is 0 Å². The number of benzene rings is 2. The third kappa shape index (κ3) is 3.75. The number of carbonyl (C=O) groups excluding carboxylic acids is 1. The standard InChI is InChI=1S/C21H21ClN4O/c1-13-6-7-15(21(27)25-17-8-9-17)11-19(13)26-20(23)16(12-24-26)10-14-4-2-3-5-18(14)22/h2-7,10-12,17,20H,8-9,23H2,1H3,(H,25,27). The normalized spacial score (nSPS) is 20.3. The van der Waals surface area contributed by atoms with E-state index in [-0.39, 0.29) is 5.91 Å². The second-order valence-corrected chi connectivity index (χ2v) is 7.36. The van der Waals surface area contributed by atoms with Crippen LogP contribution in [0, 0.1) is 6.92 Å². The van der Waals surface area contributed by atoms with Gasteiger partial charge in [0.15, 0.2) is 0 Å². The number of hydrogen-bond acceptors (Lipinski definition) is 4. The minimum Gasteiger partial charge on any atom is -0.349 e. The van der Waals surface area contributed by atoms with Crippen LogP contribution in [0.1, 0.15) is 34.3 Å². The molecule has 1 unspecified atom stereocenters. The first-order valence-corrected chi connectivity index (χ1v) is 9.37. The summed E-state index contributed by atoms with van der Waals surface area (Å²) >= 11 is 6.24. The molecule has 6 heteroatoms. The number of nitrogens with zero attached hydrogens (tertiary/aromatic N) is 2. The molecule has 1 saturated carbocycles. The number of nitrogens with two attached hydrogens (primary N) is 1. The highest BCUT2D eigenvalue weighted by molar-refractivity contribution is 6.32. The van der Waals surface area contributed by atoms with E-state index in [1.807, 2.05) is 55.5 Å². The van der Waals surface area contributed by atoms with Crippen molar-refractivity contribution in [2.24, 2.45) is 10.8 Å². The van der Waals surface area contributed by atoms with Gasteiger partial charge in [0.05, 0.1) is 11.9 Å². The zero-order valence-electron chi connectivity index (χ0n) is 15.0. The minimum absolute atomic E-state index is 0.0534. The van der Waals surface area contributed by atoms with Gasteiger partial charge in [-0.3, -0.25) is 4.79 Å². The maximum absolute atomic E-state index is 12.4. The third-order valence-corrected chi connectivity index (χ3v) is 5.14. The van der Waals surface area contributed by atoms with Crippen molar-refractivity contribution in [3.63, 3.8) is 0 Å². The van der Waals surface area contributed by atoms with Crippen molar-refractivity contribution in [1.29, 1.82) is 0 Å². The van der Waals surface area contributed by atoms with Crippen LogP contribution in [-0.2, 0) is 0 Å². The lowest BCUT2D eigenvalue weighted by Gasteiger charge is -2.23. The molecule has 1 aliphatic heterocycles. The molecule has 0 saturated heterocycles. The van der Waals surface area contributed by atoms with Crippen LogP contribution >= 0.6 is 11.6 Å². The van der Waals surface area contributed by atoms with E-state index in [9.17, 15) is 4.79 Å². The summed E-state index contributed by atoms with van der Waals surface area (Å²) in [5.41, 5.74) is 10.6. The van der Waals surface area contributed by atoms with Gasteiger partial charge in [0, 0.05) is 22.2 Å². The molecule has 5 nitrogen and oxygen atoms in total. The molecule has 138 valence electrons. The molecular formula is C21H21ClN4O. The second kappa shape index (κ2) is 7.18. The molecule has 1 aliphatic carbocycles. The smallest absolute Gasteiger partial charge is 0.251 e. The summed E-state index contributed by atoms with van der Waals surface area (Å²) in [6, 6.07) is 13.5. The Kier molecular flexibility index (Phi) is 4.72. The predicted octanol–water partition coefficient (Wildman–Crippen LogP) is 3.71. The Balaban J connectivity index is 1.60. The number of amides is 1. The van der Waals surface area contributed by atoms with Gasteiger partial charge in [0.25, 0.3) is 5.91 Å². The molecule has 0 spiro atoms. The molecule has 2 aromatic carbocycles. The van der Waals surface area contributed by atoms with Crippen LogP contribution in [-0.4, -0.2) is 24.3 Å². The molecule has 2 aliphatic rings. The molecule has 27 heavy (non-hydrogen) atoms. The summed E-state index contributed by atoms with van der Waals surface area (Å²) in [7, 11) is 0. The van der Waals surface area contributed by atoms with Crippen molar-refractivity contribution in [3.8, 4) is 0 Å². The van der Waals surface area contributed by atoms with E-state index in [1.54, 1.807) is 11.2 Å². The van der Waals surface area contributed by atoms with Crippen LogP contribution in [0.2, 0.25) is 5.02 Å². The average Bonchev–Trinajstić information content (AvgIpc) is 3.40. The second-order valence-electron chi connectivity index (χ2n) is 6.95. The van der Waals surface area contributed by atoms with Gasteiger partial charge in [-0.15, -0.1) is 0 Å². The van der Waals surface area contributed by atoms with Crippen molar-refractivity contribution in [2.45, 2.75) is 32.0 Å². The number of rotatable bonds is 4. The first-order chi connectivity index (χ1) is 13.0. The van der Waals surface area contributed by atoms with Crippen LogP contribution < -0.4 is 16.1 Å². The predicted molar refractivity (Wildman–Crippen MR) is 110 cm³/mol. The molecular weight excluding hydrogens is 360 g/mol. The molecule has 0 bridgehead atoms. The highest BCUT2D eigenvalue weighted by Crippen LogP contribution is 2.29. The summed E-state index contributed by atoms with van der Waals surface area (Å²) in [5, 5.41) is 9.89. The van der Waals surface area contributed by atoms with Crippen molar-refractivity contribution in [1.82, 2.24) is 5.32 Å². The quantitative estimate of drug-likeness (QED) is 0.849. The van der Waals surface area contributed by atoms with E-state index >= 15 is 0 Å². The van der Waals surface area contributed by atoms with Crippen molar-refractivity contribution in [2.75, 3.05) is 5.01 Å². The Morgan fingerprint density at radius 3 is 2.81 bits per heavy atom. The molecule has 4 rings (SSSR count). The van der Waals surface area contributed by atoms with Gasteiger partial charge in [-0.05, 0) is 55.2 Å². The number of carbonyl (C=O) groups is 1. The zero-order valence-corrected chi connectivity index (χ0v) is 15.8. The van der Waals surface area contributed by atoms with Crippen LogP contribution in [0.3, 0.4) is 0 Å². The topological polar surface area (TPSA) is 70.7 Å². The number of aryl methyl sites for hydroxylation is 1. The lowest BCUT2D eigenvalue weighted by atomic mass is 10.1. The first kappa shape index (κ1) is 17.8. The van der Waals surface area contributed by atoms with Crippen LogP contribution in [0.15, 0.2) is 53.1 Å².